The van der Waals surface area contributed by atoms with Crippen molar-refractivity contribution in [3.05, 3.63) is 83.8 Å². The molecule has 1 aliphatic rings. The van der Waals surface area contributed by atoms with Gasteiger partial charge in [-0.3, -0.25) is 0 Å². The average molecular weight is 301 g/mol. The lowest BCUT2D eigenvalue weighted by Crippen LogP contribution is -2.20. The van der Waals surface area contributed by atoms with Gasteiger partial charge < -0.3 is 4.42 Å². The van der Waals surface area contributed by atoms with Crippen molar-refractivity contribution in [3.8, 4) is 0 Å². The molecule has 2 heteroatoms. The van der Waals surface area contributed by atoms with Crippen LogP contribution in [-0.2, 0) is 5.41 Å². The summed E-state index contributed by atoms with van der Waals surface area (Å²) in [6.07, 6.45) is 7.56. The van der Waals surface area contributed by atoms with Gasteiger partial charge in [-0.05, 0) is 43.5 Å². The molecular formula is C21H19NO. The van der Waals surface area contributed by atoms with Crippen LogP contribution < -0.4 is 0 Å². The number of hydrogen-bond donors (Lipinski definition) is 0. The highest BCUT2D eigenvalue weighted by atomic mass is 16.3. The van der Waals surface area contributed by atoms with Gasteiger partial charge in [-0.1, -0.05) is 60.2 Å². The molecule has 0 radical (unpaired) electrons. The molecule has 1 heterocycles. The van der Waals surface area contributed by atoms with E-state index < -0.39 is 0 Å². The Bertz CT molecular complexity index is 881. The van der Waals surface area contributed by atoms with Gasteiger partial charge >= 0.3 is 0 Å². The van der Waals surface area contributed by atoms with Crippen LogP contribution in [0.15, 0.2) is 71.2 Å². The topological polar surface area (TPSA) is 26.0 Å². The molecule has 0 amide bonds. The molecule has 1 aromatic heterocycles. The van der Waals surface area contributed by atoms with Crippen molar-refractivity contribution >= 4 is 16.7 Å². The summed E-state index contributed by atoms with van der Waals surface area (Å²) in [6, 6.07) is 16.6. The number of nitrogens with zero attached hydrogens (tertiary/aromatic N) is 1. The highest BCUT2D eigenvalue weighted by Gasteiger charge is 2.30. The summed E-state index contributed by atoms with van der Waals surface area (Å²) in [5, 5.41) is 0. The van der Waals surface area contributed by atoms with Crippen LogP contribution in [0.25, 0.3) is 16.7 Å². The Morgan fingerprint density at radius 1 is 1.04 bits per heavy atom. The Kier molecular flexibility index (Phi) is 3.19. The summed E-state index contributed by atoms with van der Waals surface area (Å²) in [7, 11) is 0. The standard InChI is InChI=1S/C21H19NO/c1-15-7-9-16(10-8-15)17-11-13-21(2,14-12-17)20-22-18-5-3-4-6-19(18)23-20/h3-13H,14H2,1-2H3. The SMILES string of the molecule is Cc1ccc(C2=CCC(C)(c3nc4ccccc4o3)C=C2)cc1. The van der Waals surface area contributed by atoms with Crippen molar-refractivity contribution in [1.29, 1.82) is 0 Å². The first-order valence-electron chi connectivity index (χ1n) is 7.97. The Balaban J connectivity index is 1.64. The summed E-state index contributed by atoms with van der Waals surface area (Å²) in [4.78, 5) is 4.67. The van der Waals surface area contributed by atoms with Gasteiger partial charge in [0.2, 0.25) is 5.89 Å². The van der Waals surface area contributed by atoms with Gasteiger partial charge in [0.25, 0.3) is 0 Å². The number of aromatic nitrogens is 1. The van der Waals surface area contributed by atoms with Gasteiger partial charge in [-0.25, -0.2) is 4.98 Å². The molecule has 23 heavy (non-hydrogen) atoms. The maximum atomic E-state index is 5.98. The third kappa shape index (κ3) is 2.50. The molecular weight excluding hydrogens is 282 g/mol. The summed E-state index contributed by atoms with van der Waals surface area (Å²) < 4.78 is 5.98. The third-order valence-corrected chi connectivity index (χ3v) is 4.54. The molecule has 4 rings (SSSR count). The maximum absolute atomic E-state index is 5.98. The minimum absolute atomic E-state index is 0.187. The predicted octanol–water partition coefficient (Wildman–Crippen LogP) is 5.44. The molecule has 0 saturated carbocycles. The molecule has 0 bridgehead atoms. The second kappa shape index (κ2) is 5.24. The van der Waals surface area contributed by atoms with Crippen LogP contribution in [0.1, 0.15) is 30.4 Å². The fourth-order valence-corrected chi connectivity index (χ4v) is 2.97. The monoisotopic (exact) mass is 301 g/mol. The summed E-state index contributed by atoms with van der Waals surface area (Å²) in [6.45, 7) is 4.29. The molecule has 2 nitrogen and oxygen atoms in total. The van der Waals surface area contributed by atoms with Gasteiger partial charge in [-0.2, -0.15) is 0 Å². The summed E-state index contributed by atoms with van der Waals surface area (Å²) in [5.74, 6) is 0.786. The van der Waals surface area contributed by atoms with Crippen LogP contribution in [0.2, 0.25) is 0 Å². The molecule has 1 atom stereocenters. The zero-order valence-corrected chi connectivity index (χ0v) is 13.4. The van der Waals surface area contributed by atoms with Crippen molar-refractivity contribution in [3.63, 3.8) is 0 Å². The first-order valence-corrected chi connectivity index (χ1v) is 7.97. The molecule has 1 aliphatic carbocycles. The highest BCUT2D eigenvalue weighted by Crippen LogP contribution is 2.36. The quantitative estimate of drug-likeness (QED) is 0.630. The van der Waals surface area contributed by atoms with E-state index in [-0.39, 0.29) is 5.41 Å². The van der Waals surface area contributed by atoms with E-state index in [0.29, 0.717) is 0 Å². The normalized spacial score (nSPS) is 20.7. The van der Waals surface area contributed by atoms with Gasteiger partial charge in [0.1, 0.15) is 5.52 Å². The van der Waals surface area contributed by atoms with E-state index in [0.717, 1.165) is 23.4 Å². The van der Waals surface area contributed by atoms with E-state index >= 15 is 0 Å². The predicted molar refractivity (Wildman–Crippen MR) is 94.3 cm³/mol. The van der Waals surface area contributed by atoms with E-state index in [4.69, 9.17) is 4.42 Å². The van der Waals surface area contributed by atoms with E-state index in [1.165, 1.54) is 16.7 Å². The van der Waals surface area contributed by atoms with Crippen LogP contribution in [0.3, 0.4) is 0 Å². The zero-order valence-electron chi connectivity index (χ0n) is 13.4. The zero-order chi connectivity index (χ0) is 15.9. The molecule has 2 aromatic carbocycles. The van der Waals surface area contributed by atoms with Gasteiger partial charge in [0, 0.05) is 0 Å². The summed E-state index contributed by atoms with van der Waals surface area (Å²) >= 11 is 0. The van der Waals surface area contributed by atoms with Crippen LogP contribution in [0.4, 0.5) is 0 Å². The van der Waals surface area contributed by atoms with Crippen molar-refractivity contribution in [2.75, 3.05) is 0 Å². The van der Waals surface area contributed by atoms with Crippen LogP contribution in [0.5, 0.6) is 0 Å². The van der Waals surface area contributed by atoms with E-state index in [2.05, 4.69) is 61.3 Å². The number of aryl methyl sites for hydroxylation is 1. The Morgan fingerprint density at radius 3 is 2.52 bits per heavy atom. The Labute approximate surface area is 136 Å². The number of allylic oxidation sites excluding steroid dienone is 4. The van der Waals surface area contributed by atoms with Crippen LogP contribution in [-0.4, -0.2) is 4.98 Å². The average Bonchev–Trinajstić information content (AvgIpc) is 3.01. The summed E-state index contributed by atoms with van der Waals surface area (Å²) in [5.41, 5.74) is 5.39. The lowest BCUT2D eigenvalue weighted by molar-refractivity contribution is 0.420. The fourth-order valence-electron chi connectivity index (χ4n) is 2.97. The van der Waals surface area contributed by atoms with E-state index in [9.17, 15) is 0 Å². The second-order valence-corrected chi connectivity index (χ2v) is 6.47. The van der Waals surface area contributed by atoms with E-state index in [1.54, 1.807) is 0 Å². The molecule has 0 fully saturated rings. The minimum atomic E-state index is -0.187. The minimum Gasteiger partial charge on any atom is -0.440 e. The molecule has 0 aliphatic heterocycles. The van der Waals surface area contributed by atoms with Gasteiger partial charge in [0.05, 0.1) is 5.41 Å². The number of hydrogen-bond acceptors (Lipinski definition) is 2. The van der Waals surface area contributed by atoms with Gasteiger partial charge in [-0.15, -0.1) is 0 Å². The largest absolute Gasteiger partial charge is 0.440 e. The fraction of sp³-hybridized carbons (Fsp3) is 0.190. The molecule has 0 N–H and O–H groups in total. The van der Waals surface area contributed by atoms with Crippen LogP contribution in [0, 0.1) is 6.92 Å². The molecule has 3 aromatic rings. The Hall–Kier alpha value is -2.61. The highest BCUT2D eigenvalue weighted by molar-refractivity contribution is 5.76. The first-order chi connectivity index (χ1) is 11.1. The van der Waals surface area contributed by atoms with E-state index in [1.807, 2.05) is 24.3 Å². The number of para-hydroxylation sites is 2. The number of fused-ring (bicyclic) bond motifs is 1. The molecule has 1 unspecified atom stereocenters. The lowest BCUT2D eigenvalue weighted by Gasteiger charge is -2.24. The third-order valence-electron chi connectivity index (χ3n) is 4.54. The first kappa shape index (κ1) is 14.0. The van der Waals surface area contributed by atoms with Crippen molar-refractivity contribution in [1.82, 2.24) is 4.98 Å². The van der Waals surface area contributed by atoms with Crippen molar-refractivity contribution in [2.45, 2.75) is 25.7 Å². The maximum Gasteiger partial charge on any atom is 0.205 e. The number of oxazole rings is 1. The van der Waals surface area contributed by atoms with Gasteiger partial charge in [0.15, 0.2) is 5.58 Å². The van der Waals surface area contributed by atoms with Crippen molar-refractivity contribution < 1.29 is 4.42 Å². The molecule has 0 spiro atoms. The Morgan fingerprint density at radius 2 is 1.83 bits per heavy atom. The lowest BCUT2D eigenvalue weighted by atomic mass is 9.80. The van der Waals surface area contributed by atoms with Crippen LogP contribution >= 0.6 is 0 Å². The number of rotatable bonds is 2. The second-order valence-electron chi connectivity index (χ2n) is 6.47. The number of benzene rings is 2. The van der Waals surface area contributed by atoms with Crippen molar-refractivity contribution in [2.24, 2.45) is 0 Å². The molecule has 114 valence electrons. The smallest absolute Gasteiger partial charge is 0.205 e. The molecule has 0 saturated heterocycles.